The van der Waals surface area contributed by atoms with Crippen molar-refractivity contribution in [1.82, 2.24) is 0 Å². The summed E-state index contributed by atoms with van der Waals surface area (Å²) in [5.74, 6) is -0.821. The second-order valence-electron chi connectivity index (χ2n) is 4.88. The van der Waals surface area contributed by atoms with Crippen LogP contribution >= 0.6 is 0 Å². The quantitative estimate of drug-likeness (QED) is 0.814. The smallest absolute Gasteiger partial charge is 0.303 e. The molecule has 0 bridgehead atoms. The lowest BCUT2D eigenvalue weighted by molar-refractivity contribution is -0.137. The molecular weight excluding hydrogens is 230 g/mol. The minimum atomic E-state index is -0.821. The van der Waals surface area contributed by atoms with Gasteiger partial charge in [-0.1, -0.05) is 24.3 Å². The van der Waals surface area contributed by atoms with Gasteiger partial charge in [0.2, 0.25) is 0 Å². The normalized spacial score (nSPS) is 13.3. The number of nitrogens with two attached hydrogens (primary N) is 1. The second kappa shape index (κ2) is 5.98. The van der Waals surface area contributed by atoms with Gasteiger partial charge in [0.05, 0.1) is 5.60 Å². The number of carboxylic acids is 1. The van der Waals surface area contributed by atoms with Crippen LogP contribution in [0.3, 0.4) is 0 Å². The molecule has 0 heterocycles. The van der Waals surface area contributed by atoms with Crippen LogP contribution < -0.4 is 5.73 Å². The first kappa shape index (κ1) is 14.7. The molecule has 0 radical (unpaired) electrons. The van der Waals surface area contributed by atoms with Crippen molar-refractivity contribution in [3.8, 4) is 0 Å². The molecule has 1 atom stereocenters. The number of hydrogen-bond donors (Lipinski definition) is 2. The molecule has 1 aromatic carbocycles. The first-order chi connectivity index (χ1) is 8.36. The van der Waals surface area contributed by atoms with Gasteiger partial charge in [-0.15, -0.1) is 0 Å². The highest BCUT2D eigenvalue weighted by Crippen LogP contribution is 2.26. The molecule has 1 unspecified atom stereocenters. The Balaban J connectivity index is 2.85. The Morgan fingerprint density at radius 1 is 1.50 bits per heavy atom. The van der Waals surface area contributed by atoms with E-state index in [0.717, 1.165) is 11.1 Å². The van der Waals surface area contributed by atoms with Crippen LogP contribution in [0.15, 0.2) is 24.3 Å². The first-order valence-corrected chi connectivity index (χ1v) is 6.00. The zero-order chi connectivity index (χ0) is 13.8. The number of methoxy groups -OCH3 is 1. The molecule has 0 saturated carbocycles. The predicted molar refractivity (Wildman–Crippen MR) is 70.3 cm³/mol. The molecule has 100 valence electrons. The van der Waals surface area contributed by atoms with E-state index in [1.807, 2.05) is 38.1 Å². The molecule has 4 heteroatoms. The van der Waals surface area contributed by atoms with Crippen LogP contribution in [0.2, 0.25) is 0 Å². The number of rotatable bonds is 6. The average Bonchev–Trinajstić information content (AvgIpc) is 2.36. The van der Waals surface area contributed by atoms with Gasteiger partial charge in [0.15, 0.2) is 0 Å². The fraction of sp³-hybridized carbons (Fsp3) is 0.500. The Labute approximate surface area is 108 Å². The van der Waals surface area contributed by atoms with Crippen molar-refractivity contribution >= 4 is 5.97 Å². The third kappa shape index (κ3) is 3.82. The standard InChI is InChI=1S/C14H21NO3/c1-14(2,18-3)11-6-4-5-10(9-11)12(15)7-8-13(16)17/h4-6,9,12H,7-8,15H2,1-3H3,(H,16,17). The fourth-order valence-corrected chi connectivity index (χ4v) is 1.71. The van der Waals surface area contributed by atoms with Crippen molar-refractivity contribution in [2.45, 2.75) is 38.3 Å². The highest BCUT2D eigenvalue weighted by molar-refractivity contribution is 5.66. The lowest BCUT2D eigenvalue weighted by Crippen LogP contribution is -2.20. The van der Waals surface area contributed by atoms with Crippen molar-refractivity contribution in [1.29, 1.82) is 0 Å². The van der Waals surface area contributed by atoms with E-state index in [4.69, 9.17) is 15.6 Å². The first-order valence-electron chi connectivity index (χ1n) is 6.00. The van der Waals surface area contributed by atoms with Crippen LogP contribution in [0, 0.1) is 0 Å². The zero-order valence-corrected chi connectivity index (χ0v) is 11.1. The van der Waals surface area contributed by atoms with Gasteiger partial charge >= 0.3 is 5.97 Å². The van der Waals surface area contributed by atoms with Crippen LogP contribution in [0.1, 0.15) is 43.9 Å². The summed E-state index contributed by atoms with van der Waals surface area (Å²) in [5.41, 5.74) is 7.60. The van der Waals surface area contributed by atoms with Crippen LogP contribution in [-0.4, -0.2) is 18.2 Å². The van der Waals surface area contributed by atoms with Crippen LogP contribution in [0.4, 0.5) is 0 Å². The Morgan fingerprint density at radius 2 is 2.17 bits per heavy atom. The minimum absolute atomic E-state index is 0.0824. The topological polar surface area (TPSA) is 72.5 Å². The number of carboxylic acid groups (broad SMARTS) is 1. The molecule has 1 rings (SSSR count). The summed E-state index contributed by atoms with van der Waals surface area (Å²) in [6.45, 7) is 3.96. The lowest BCUT2D eigenvalue weighted by atomic mass is 9.93. The van der Waals surface area contributed by atoms with Crippen molar-refractivity contribution < 1.29 is 14.6 Å². The molecule has 0 aliphatic heterocycles. The van der Waals surface area contributed by atoms with Gasteiger partial charge in [-0.05, 0) is 31.4 Å². The summed E-state index contributed by atoms with van der Waals surface area (Å²) >= 11 is 0. The number of hydrogen-bond acceptors (Lipinski definition) is 3. The molecule has 18 heavy (non-hydrogen) atoms. The third-order valence-electron chi connectivity index (χ3n) is 3.19. The molecule has 1 aromatic rings. The van der Waals surface area contributed by atoms with E-state index in [1.54, 1.807) is 7.11 Å². The number of benzene rings is 1. The predicted octanol–water partition coefficient (Wildman–Crippen LogP) is 2.43. The molecule has 0 saturated heterocycles. The number of carbonyl (C=O) groups is 1. The van der Waals surface area contributed by atoms with E-state index in [1.165, 1.54) is 0 Å². The van der Waals surface area contributed by atoms with E-state index in [0.29, 0.717) is 6.42 Å². The summed E-state index contributed by atoms with van der Waals surface area (Å²) in [5, 5.41) is 8.66. The zero-order valence-electron chi connectivity index (χ0n) is 11.1. The van der Waals surface area contributed by atoms with Crippen LogP contribution in [-0.2, 0) is 15.1 Å². The highest BCUT2D eigenvalue weighted by Gasteiger charge is 2.20. The van der Waals surface area contributed by atoms with Gasteiger partial charge in [0, 0.05) is 19.6 Å². The lowest BCUT2D eigenvalue weighted by Gasteiger charge is -2.24. The van der Waals surface area contributed by atoms with E-state index in [2.05, 4.69) is 0 Å². The van der Waals surface area contributed by atoms with Crippen molar-refractivity contribution in [3.05, 3.63) is 35.4 Å². The molecule has 0 aromatic heterocycles. The van der Waals surface area contributed by atoms with Crippen molar-refractivity contribution in [3.63, 3.8) is 0 Å². The number of ether oxygens (including phenoxy) is 1. The molecule has 0 aliphatic rings. The second-order valence-corrected chi connectivity index (χ2v) is 4.88. The maximum atomic E-state index is 10.5. The molecule has 0 fully saturated rings. The largest absolute Gasteiger partial charge is 0.481 e. The van der Waals surface area contributed by atoms with Gasteiger partial charge in [0.25, 0.3) is 0 Å². The summed E-state index contributed by atoms with van der Waals surface area (Å²) < 4.78 is 5.42. The molecule has 3 N–H and O–H groups in total. The van der Waals surface area contributed by atoms with Gasteiger partial charge in [0.1, 0.15) is 0 Å². The van der Waals surface area contributed by atoms with E-state index in [-0.39, 0.29) is 18.1 Å². The Hall–Kier alpha value is -1.39. The monoisotopic (exact) mass is 251 g/mol. The summed E-state index contributed by atoms with van der Waals surface area (Å²) in [7, 11) is 1.66. The number of aliphatic carboxylic acids is 1. The van der Waals surface area contributed by atoms with Gasteiger partial charge in [-0.3, -0.25) is 4.79 Å². The Bertz CT molecular complexity index is 415. The van der Waals surface area contributed by atoms with E-state index >= 15 is 0 Å². The average molecular weight is 251 g/mol. The van der Waals surface area contributed by atoms with Gasteiger partial charge < -0.3 is 15.6 Å². The Morgan fingerprint density at radius 3 is 2.72 bits per heavy atom. The highest BCUT2D eigenvalue weighted by atomic mass is 16.5. The molecule has 0 aliphatic carbocycles. The van der Waals surface area contributed by atoms with E-state index in [9.17, 15) is 4.79 Å². The van der Waals surface area contributed by atoms with Gasteiger partial charge in [-0.25, -0.2) is 0 Å². The third-order valence-corrected chi connectivity index (χ3v) is 3.19. The Kier molecular flexibility index (Phi) is 4.87. The summed E-state index contributed by atoms with van der Waals surface area (Å²) in [6, 6.07) is 7.55. The molecule has 4 nitrogen and oxygen atoms in total. The minimum Gasteiger partial charge on any atom is -0.481 e. The maximum absolute atomic E-state index is 10.5. The van der Waals surface area contributed by atoms with Gasteiger partial charge in [-0.2, -0.15) is 0 Å². The maximum Gasteiger partial charge on any atom is 0.303 e. The van der Waals surface area contributed by atoms with Crippen LogP contribution in [0.25, 0.3) is 0 Å². The molecule has 0 amide bonds. The molecular formula is C14H21NO3. The van der Waals surface area contributed by atoms with E-state index < -0.39 is 5.97 Å². The summed E-state index contributed by atoms with van der Waals surface area (Å²) in [6.07, 6.45) is 0.519. The summed E-state index contributed by atoms with van der Waals surface area (Å²) in [4.78, 5) is 10.5. The fourth-order valence-electron chi connectivity index (χ4n) is 1.71. The van der Waals surface area contributed by atoms with Crippen molar-refractivity contribution in [2.24, 2.45) is 5.73 Å². The van der Waals surface area contributed by atoms with Crippen molar-refractivity contribution in [2.75, 3.05) is 7.11 Å². The molecule has 0 spiro atoms. The van der Waals surface area contributed by atoms with Crippen LogP contribution in [0.5, 0.6) is 0 Å². The SMILES string of the molecule is COC(C)(C)c1cccc(C(N)CCC(=O)O)c1.